The van der Waals surface area contributed by atoms with Gasteiger partial charge in [0.2, 0.25) is 0 Å². The first-order valence-electron chi connectivity index (χ1n) is 9.91. The van der Waals surface area contributed by atoms with E-state index in [4.69, 9.17) is 25.8 Å². The molecular formula is C22H18BrClFFeN3O4. The number of hydrogen-bond donors (Lipinski definition) is 0. The van der Waals surface area contributed by atoms with Crippen molar-refractivity contribution in [2.45, 2.75) is 25.6 Å². The number of hydrogen-bond acceptors (Lipinski definition) is 6. The fourth-order valence-electron chi connectivity index (χ4n) is 3.74. The molecule has 7 nitrogen and oxygen atoms in total. The number of benzene rings is 2. The first kappa shape index (κ1) is 24.0. The van der Waals surface area contributed by atoms with Gasteiger partial charge >= 0.3 is 211 Å². The molecule has 33 heavy (non-hydrogen) atoms. The molecule has 4 rings (SSSR count). The summed E-state index contributed by atoms with van der Waals surface area (Å²) in [6.07, 6.45) is -1.74. The number of methoxy groups -OCH3 is 1. The summed E-state index contributed by atoms with van der Waals surface area (Å²) in [5.41, 5.74) is 1.91. The molecule has 2 aromatic carbocycles. The zero-order valence-electron chi connectivity index (χ0n) is 17.5. The van der Waals surface area contributed by atoms with Crippen molar-refractivity contribution in [3.8, 4) is 11.4 Å². The summed E-state index contributed by atoms with van der Waals surface area (Å²) in [6.45, 7) is 1.93. The summed E-state index contributed by atoms with van der Waals surface area (Å²) < 4.78 is 32.8. The second-order valence-corrected chi connectivity index (χ2v) is 8.76. The van der Waals surface area contributed by atoms with Crippen LogP contribution in [0.25, 0.3) is 5.69 Å². The van der Waals surface area contributed by atoms with Crippen molar-refractivity contribution in [2.75, 3.05) is 13.7 Å². The molecule has 0 amide bonds. The fourth-order valence-corrected chi connectivity index (χ4v) is 4.73. The van der Waals surface area contributed by atoms with Crippen LogP contribution in [0.2, 0.25) is 5.02 Å². The second kappa shape index (κ2) is 10.0. The standard InChI is InChI=1S/C22H18BrClFN3O4.Fe/c1-3-31-19(29)10-17-22-27-26-18(11-25)28(22)15-8-7-12(24)9-14(15)21(32-17)13-5-4-6-16(30-2)20(13)23;/h4-9,17,21H,3,10H2,1-2H3;/t17-,21-;/m0./s1. The Bertz CT molecular complexity index is 1240. The van der Waals surface area contributed by atoms with E-state index < -0.39 is 22.8 Å². The van der Waals surface area contributed by atoms with E-state index >= 15 is 0 Å². The van der Waals surface area contributed by atoms with Crippen molar-refractivity contribution in [1.82, 2.24) is 14.8 Å². The topological polar surface area (TPSA) is 75.5 Å². The van der Waals surface area contributed by atoms with Gasteiger partial charge in [0.15, 0.2) is 0 Å². The van der Waals surface area contributed by atoms with Crippen molar-refractivity contribution in [1.29, 1.82) is 0 Å². The molecule has 2 heterocycles. The molecule has 2 atom stereocenters. The summed E-state index contributed by atoms with van der Waals surface area (Å²) in [4.78, 5) is 12.4. The van der Waals surface area contributed by atoms with Crippen LogP contribution in [0.3, 0.4) is 0 Å². The molecule has 0 unspecified atom stereocenters. The number of halogens is 3. The maximum absolute atomic E-state index is 14.4. The van der Waals surface area contributed by atoms with Gasteiger partial charge in [-0.1, -0.05) is 0 Å². The van der Waals surface area contributed by atoms with Crippen molar-refractivity contribution < 1.29 is 39.0 Å². The predicted octanol–water partition coefficient (Wildman–Crippen LogP) is 4.80. The third kappa shape index (κ3) is 4.63. The van der Waals surface area contributed by atoms with E-state index in [2.05, 4.69) is 41.7 Å². The Morgan fingerprint density at radius 2 is 2.09 bits per heavy atom. The number of ether oxygens (including phenoxy) is 3. The molecule has 174 valence electrons. The number of fused-ring (bicyclic) bond motifs is 3. The van der Waals surface area contributed by atoms with E-state index in [1.54, 1.807) is 38.3 Å². The van der Waals surface area contributed by atoms with Crippen molar-refractivity contribution in [3.05, 3.63) is 68.7 Å². The van der Waals surface area contributed by atoms with Crippen LogP contribution in [0.15, 0.2) is 40.9 Å². The molecule has 0 radical (unpaired) electrons. The summed E-state index contributed by atoms with van der Waals surface area (Å²) in [5, 5.41) is 8.56. The van der Waals surface area contributed by atoms with Crippen LogP contribution in [0.5, 0.6) is 5.75 Å². The molecule has 1 aliphatic heterocycles. The Balaban J connectivity index is 1.97. The van der Waals surface area contributed by atoms with Gasteiger partial charge in [-0.05, 0) is 0 Å². The first-order valence-corrected chi connectivity index (χ1v) is 11.6. The number of rotatable bonds is 6. The molecule has 1 aromatic heterocycles. The number of carbonyl (C=O) groups excluding carboxylic acids is 1. The monoisotopic (exact) mass is 577 g/mol. The number of carbonyl (C=O) groups is 1. The van der Waals surface area contributed by atoms with Crippen molar-refractivity contribution >= 4 is 38.2 Å². The van der Waals surface area contributed by atoms with Gasteiger partial charge in [0.1, 0.15) is 0 Å². The molecule has 1 aliphatic rings. The number of esters is 1. The molecular weight excluding hydrogens is 560 g/mol. The van der Waals surface area contributed by atoms with Crippen LogP contribution in [0.4, 0.5) is 4.39 Å². The van der Waals surface area contributed by atoms with E-state index in [1.807, 2.05) is 12.1 Å². The Labute approximate surface area is 210 Å². The van der Waals surface area contributed by atoms with Crippen LogP contribution in [0, 0.1) is 0 Å². The van der Waals surface area contributed by atoms with Crippen LogP contribution in [0.1, 0.15) is 48.3 Å². The van der Waals surface area contributed by atoms with Gasteiger partial charge in [0, 0.05) is 0 Å². The van der Waals surface area contributed by atoms with Gasteiger partial charge in [-0.25, -0.2) is 0 Å². The number of aromatic nitrogens is 3. The molecule has 0 N–H and O–H groups in total. The summed E-state index contributed by atoms with van der Waals surface area (Å²) in [7, 11) is 1.56. The molecule has 3 aromatic rings. The van der Waals surface area contributed by atoms with Crippen LogP contribution in [-0.4, -0.2) is 39.1 Å². The number of nitrogens with zero attached hydrogens (tertiary/aromatic N) is 3. The van der Waals surface area contributed by atoms with Crippen LogP contribution in [-0.2, 0) is 29.8 Å². The summed E-state index contributed by atoms with van der Waals surface area (Å²) in [5.74, 6) is 0.284. The van der Waals surface area contributed by atoms with E-state index in [0.29, 0.717) is 26.5 Å². The van der Waals surface area contributed by atoms with Gasteiger partial charge in [0.25, 0.3) is 0 Å². The first-order chi connectivity index (χ1) is 15.8. The van der Waals surface area contributed by atoms with Gasteiger partial charge < -0.3 is 0 Å². The van der Waals surface area contributed by atoms with Gasteiger partial charge in [-0.3, -0.25) is 0 Å². The zero-order valence-corrected chi connectivity index (χ0v) is 20.9. The normalized spacial score (nSPS) is 17.0. The average Bonchev–Trinajstić information content (AvgIpc) is 3.18. The quantitative estimate of drug-likeness (QED) is 0.309. The molecule has 0 aliphatic carbocycles. The Kier molecular flexibility index (Phi) is 7.31. The minimum absolute atomic E-state index is 0.0867. The van der Waals surface area contributed by atoms with E-state index in [-0.39, 0.29) is 24.7 Å². The SMILES string of the molecule is CCOC(=O)C[C@@H]1O[C@@H](c2cccc(OC)c2Br)c2cc(Cl)ccc2-n2c([C](F)=[Fe])nnc21. The third-order valence-electron chi connectivity index (χ3n) is 5.11. The van der Waals surface area contributed by atoms with Gasteiger partial charge in [0.05, 0.1) is 0 Å². The zero-order chi connectivity index (χ0) is 23.7. The Hall–Kier alpha value is -2.10. The molecule has 0 bridgehead atoms. The van der Waals surface area contributed by atoms with Gasteiger partial charge in [-0.15, -0.1) is 0 Å². The predicted molar refractivity (Wildman–Crippen MR) is 119 cm³/mol. The molecule has 0 saturated carbocycles. The second-order valence-electron chi connectivity index (χ2n) is 7.05. The average molecular weight is 579 g/mol. The molecule has 0 fully saturated rings. The molecule has 0 saturated heterocycles. The molecule has 0 spiro atoms. The minimum atomic E-state index is -0.890. The van der Waals surface area contributed by atoms with Gasteiger partial charge in [-0.2, -0.15) is 0 Å². The Morgan fingerprint density at radius 1 is 1.30 bits per heavy atom. The Morgan fingerprint density at radius 3 is 2.79 bits per heavy atom. The third-order valence-corrected chi connectivity index (χ3v) is 6.44. The van der Waals surface area contributed by atoms with E-state index in [1.165, 1.54) is 4.57 Å². The van der Waals surface area contributed by atoms with E-state index in [9.17, 15) is 9.18 Å². The summed E-state index contributed by atoms with van der Waals surface area (Å²) in [6, 6.07) is 10.6. The van der Waals surface area contributed by atoms with Crippen molar-refractivity contribution in [2.24, 2.45) is 0 Å². The molecule has 11 heteroatoms. The van der Waals surface area contributed by atoms with Crippen LogP contribution >= 0.6 is 27.5 Å². The summed E-state index contributed by atoms with van der Waals surface area (Å²) >= 11 is 13.3. The van der Waals surface area contributed by atoms with E-state index in [0.717, 1.165) is 5.56 Å². The maximum atomic E-state index is 14.4. The van der Waals surface area contributed by atoms with Crippen molar-refractivity contribution in [3.63, 3.8) is 0 Å². The fraction of sp³-hybridized carbons (Fsp3) is 0.273. The van der Waals surface area contributed by atoms with Crippen LogP contribution < -0.4 is 4.74 Å².